The van der Waals surface area contributed by atoms with Gasteiger partial charge in [0.15, 0.2) is 0 Å². The second-order valence-electron chi connectivity index (χ2n) is 3.64. The number of hydrogen-bond donors (Lipinski definition) is 1. The number of allylic oxidation sites excluding steroid dienone is 1. The summed E-state index contributed by atoms with van der Waals surface area (Å²) in [7, 11) is 0. The zero-order valence-corrected chi connectivity index (χ0v) is 8.59. The molecule has 0 amide bonds. The molecule has 0 saturated heterocycles. The van der Waals surface area contributed by atoms with Gasteiger partial charge >= 0.3 is 0 Å². The topological polar surface area (TPSA) is 24.4 Å². The van der Waals surface area contributed by atoms with Gasteiger partial charge in [-0.15, -0.1) is 0 Å². The van der Waals surface area contributed by atoms with Crippen molar-refractivity contribution in [1.29, 1.82) is 0 Å². The summed E-state index contributed by atoms with van der Waals surface area (Å²) in [5.41, 5.74) is 0.242. The molecule has 0 aromatic rings. The highest BCUT2D eigenvalue weighted by molar-refractivity contribution is 5.53. The van der Waals surface area contributed by atoms with Crippen LogP contribution in [0, 0.1) is 5.41 Å². The van der Waals surface area contributed by atoms with Gasteiger partial charge in [-0.3, -0.25) is 4.99 Å². The Morgan fingerprint density at radius 2 is 2.00 bits per heavy atom. The van der Waals surface area contributed by atoms with Crippen LogP contribution in [0.4, 0.5) is 0 Å². The molecule has 0 rings (SSSR count). The zero-order valence-electron chi connectivity index (χ0n) is 8.59. The summed E-state index contributed by atoms with van der Waals surface area (Å²) in [6, 6.07) is 0. The quantitative estimate of drug-likeness (QED) is 0.625. The van der Waals surface area contributed by atoms with E-state index in [9.17, 15) is 0 Å². The standard InChI is InChI=1S/C10H20N2/c1-5-7-12-9-10(3,4)8-11-6-2/h5-7,12H,8-9H2,1-4H3/b7-5+,11-6?. The number of nitrogens with zero attached hydrogens (tertiary/aromatic N) is 1. The fourth-order valence-corrected chi connectivity index (χ4v) is 0.847. The first-order valence-electron chi connectivity index (χ1n) is 4.41. The fraction of sp³-hybridized carbons (Fsp3) is 0.700. The molecule has 2 nitrogen and oxygen atoms in total. The van der Waals surface area contributed by atoms with Crippen LogP contribution in [-0.2, 0) is 0 Å². The van der Waals surface area contributed by atoms with Crippen LogP contribution in [0.25, 0.3) is 0 Å². The highest BCUT2D eigenvalue weighted by atomic mass is 14.9. The van der Waals surface area contributed by atoms with Crippen molar-refractivity contribution < 1.29 is 0 Å². The van der Waals surface area contributed by atoms with Crippen molar-refractivity contribution in [2.75, 3.05) is 13.1 Å². The lowest BCUT2D eigenvalue weighted by molar-refractivity contribution is 0.372. The van der Waals surface area contributed by atoms with Gasteiger partial charge in [0, 0.05) is 18.5 Å². The van der Waals surface area contributed by atoms with Crippen LogP contribution in [-0.4, -0.2) is 19.3 Å². The molecule has 0 radical (unpaired) electrons. The summed E-state index contributed by atoms with van der Waals surface area (Å²) in [5.74, 6) is 0. The van der Waals surface area contributed by atoms with Crippen molar-refractivity contribution >= 4 is 6.21 Å². The van der Waals surface area contributed by atoms with Crippen LogP contribution >= 0.6 is 0 Å². The number of rotatable bonds is 5. The highest BCUT2D eigenvalue weighted by Crippen LogP contribution is 2.13. The second-order valence-corrected chi connectivity index (χ2v) is 3.64. The molecule has 0 spiro atoms. The average molecular weight is 168 g/mol. The van der Waals surface area contributed by atoms with Crippen molar-refractivity contribution in [1.82, 2.24) is 5.32 Å². The minimum atomic E-state index is 0.242. The predicted molar refractivity (Wildman–Crippen MR) is 55.6 cm³/mol. The number of hydrogen-bond acceptors (Lipinski definition) is 2. The van der Waals surface area contributed by atoms with E-state index in [0.29, 0.717) is 0 Å². The minimum Gasteiger partial charge on any atom is -0.391 e. The molecule has 0 heterocycles. The van der Waals surface area contributed by atoms with Gasteiger partial charge in [-0.25, -0.2) is 0 Å². The Kier molecular flexibility index (Phi) is 5.43. The average Bonchev–Trinajstić information content (AvgIpc) is 2.01. The number of nitrogens with one attached hydrogen (secondary N) is 1. The fourth-order valence-electron chi connectivity index (χ4n) is 0.847. The lowest BCUT2D eigenvalue weighted by atomic mass is 9.94. The van der Waals surface area contributed by atoms with E-state index in [4.69, 9.17) is 0 Å². The van der Waals surface area contributed by atoms with Crippen molar-refractivity contribution in [3.05, 3.63) is 12.3 Å². The Morgan fingerprint density at radius 1 is 1.33 bits per heavy atom. The van der Waals surface area contributed by atoms with Crippen molar-refractivity contribution in [3.8, 4) is 0 Å². The first-order valence-corrected chi connectivity index (χ1v) is 4.41. The molecular formula is C10H20N2. The Hall–Kier alpha value is -0.790. The molecular weight excluding hydrogens is 148 g/mol. The number of aliphatic imine (C=N–C) groups is 1. The normalized spacial score (nSPS) is 13.0. The smallest absolute Gasteiger partial charge is 0.0453 e. The van der Waals surface area contributed by atoms with Gasteiger partial charge in [-0.2, -0.15) is 0 Å². The summed E-state index contributed by atoms with van der Waals surface area (Å²) in [6.45, 7) is 10.2. The van der Waals surface area contributed by atoms with E-state index in [1.54, 1.807) is 0 Å². The van der Waals surface area contributed by atoms with Gasteiger partial charge in [0.1, 0.15) is 0 Å². The van der Waals surface area contributed by atoms with Crippen LogP contribution < -0.4 is 5.32 Å². The maximum Gasteiger partial charge on any atom is 0.0453 e. The molecule has 0 bridgehead atoms. The van der Waals surface area contributed by atoms with Gasteiger partial charge in [0.05, 0.1) is 0 Å². The van der Waals surface area contributed by atoms with E-state index in [2.05, 4.69) is 24.2 Å². The summed E-state index contributed by atoms with van der Waals surface area (Å²) in [6.07, 6.45) is 5.83. The molecule has 0 aliphatic carbocycles. The molecule has 0 fully saturated rings. The summed E-state index contributed by atoms with van der Waals surface area (Å²) in [4.78, 5) is 4.23. The molecule has 0 atom stereocenters. The van der Waals surface area contributed by atoms with Crippen molar-refractivity contribution in [3.63, 3.8) is 0 Å². The lowest BCUT2D eigenvalue weighted by Crippen LogP contribution is -2.28. The maximum absolute atomic E-state index is 4.23. The molecule has 70 valence electrons. The SMILES string of the molecule is CC=NCC(C)(C)CN/C=C/C. The molecule has 0 aromatic heterocycles. The van der Waals surface area contributed by atoms with Crippen molar-refractivity contribution in [2.45, 2.75) is 27.7 Å². The summed E-state index contributed by atoms with van der Waals surface area (Å²) < 4.78 is 0. The Morgan fingerprint density at radius 3 is 2.50 bits per heavy atom. The molecule has 2 heteroatoms. The first-order chi connectivity index (χ1) is 5.62. The molecule has 1 N–H and O–H groups in total. The lowest BCUT2D eigenvalue weighted by Gasteiger charge is -2.21. The molecule has 0 aliphatic heterocycles. The van der Waals surface area contributed by atoms with E-state index in [1.807, 2.05) is 32.3 Å². The molecule has 0 saturated carbocycles. The molecule has 12 heavy (non-hydrogen) atoms. The first kappa shape index (κ1) is 11.2. The molecule has 0 aliphatic rings. The molecule has 0 aromatic carbocycles. The van der Waals surface area contributed by atoms with Crippen LogP contribution in [0.2, 0.25) is 0 Å². The van der Waals surface area contributed by atoms with E-state index in [-0.39, 0.29) is 5.41 Å². The predicted octanol–water partition coefficient (Wildman–Crippen LogP) is 2.23. The highest BCUT2D eigenvalue weighted by Gasteiger charge is 2.15. The van der Waals surface area contributed by atoms with Crippen LogP contribution in [0.15, 0.2) is 17.3 Å². The van der Waals surface area contributed by atoms with Gasteiger partial charge < -0.3 is 5.32 Å². The third kappa shape index (κ3) is 5.96. The van der Waals surface area contributed by atoms with E-state index < -0.39 is 0 Å². The van der Waals surface area contributed by atoms with Gasteiger partial charge in [-0.1, -0.05) is 19.9 Å². The van der Waals surface area contributed by atoms with E-state index in [0.717, 1.165) is 13.1 Å². The maximum atomic E-state index is 4.23. The second kappa shape index (κ2) is 5.81. The Bertz CT molecular complexity index is 157. The Labute approximate surface area is 75.8 Å². The van der Waals surface area contributed by atoms with Gasteiger partial charge in [-0.05, 0) is 26.3 Å². The zero-order chi connectivity index (χ0) is 9.45. The third-order valence-corrected chi connectivity index (χ3v) is 1.57. The van der Waals surface area contributed by atoms with Crippen LogP contribution in [0.5, 0.6) is 0 Å². The van der Waals surface area contributed by atoms with Gasteiger partial charge in [0.25, 0.3) is 0 Å². The summed E-state index contributed by atoms with van der Waals surface area (Å²) >= 11 is 0. The van der Waals surface area contributed by atoms with Crippen LogP contribution in [0.3, 0.4) is 0 Å². The monoisotopic (exact) mass is 168 g/mol. The van der Waals surface area contributed by atoms with Gasteiger partial charge in [0.2, 0.25) is 0 Å². The van der Waals surface area contributed by atoms with Crippen LogP contribution in [0.1, 0.15) is 27.7 Å². The third-order valence-electron chi connectivity index (χ3n) is 1.57. The largest absolute Gasteiger partial charge is 0.391 e. The summed E-state index contributed by atoms with van der Waals surface area (Å²) in [5, 5.41) is 3.23. The van der Waals surface area contributed by atoms with E-state index >= 15 is 0 Å². The minimum absolute atomic E-state index is 0.242. The Balaban J connectivity index is 3.70. The van der Waals surface area contributed by atoms with Crippen molar-refractivity contribution in [2.24, 2.45) is 10.4 Å². The van der Waals surface area contributed by atoms with E-state index in [1.165, 1.54) is 0 Å². The molecule has 0 unspecified atom stereocenters.